The van der Waals surface area contributed by atoms with Crippen LogP contribution in [0, 0.1) is 28.6 Å². The Morgan fingerprint density at radius 2 is 1.81 bits per heavy atom. The van der Waals surface area contributed by atoms with Gasteiger partial charge >= 0.3 is 15.6 Å². The Bertz CT molecular complexity index is 839. The second-order valence-electron chi connectivity index (χ2n) is 8.87. The van der Waals surface area contributed by atoms with Crippen LogP contribution in [0.25, 0.3) is 0 Å². The van der Waals surface area contributed by atoms with Gasteiger partial charge in [-0.15, -0.1) is 0 Å². The summed E-state index contributed by atoms with van der Waals surface area (Å²) >= 11 is 0. The second-order valence-corrected chi connectivity index (χ2v) is 10.4. The minimum atomic E-state index is -5.62. The summed E-state index contributed by atoms with van der Waals surface area (Å²) < 4.78 is 66.1. The van der Waals surface area contributed by atoms with Crippen LogP contribution in [0.2, 0.25) is 0 Å². The Labute approximate surface area is 158 Å². The summed E-state index contributed by atoms with van der Waals surface area (Å²) in [6.07, 6.45) is 13.5. The maximum Gasteiger partial charge on any atom is 0.534 e. The van der Waals surface area contributed by atoms with Gasteiger partial charge in [-0.1, -0.05) is 32.1 Å². The zero-order valence-electron chi connectivity index (χ0n) is 15.6. The molecule has 0 aromatic carbocycles. The summed E-state index contributed by atoms with van der Waals surface area (Å²) in [4.78, 5) is 0. The van der Waals surface area contributed by atoms with Crippen LogP contribution in [0.3, 0.4) is 0 Å². The fourth-order valence-electron chi connectivity index (χ4n) is 6.12. The van der Waals surface area contributed by atoms with Crippen molar-refractivity contribution in [1.82, 2.24) is 0 Å². The van der Waals surface area contributed by atoms with Crippen molar-refractivity contribution in [3.05, 3.63) is 35.6 Å². The lowest BCUT2D eigenvalue weighted by atomic mass is 9.49. The first-order valence-corrected chi connectivity index (χ1v) is 11.0. The molecule has 0 N–H and O–H groups in total. The Hall–Kier alpha value is -1.24. The summed E-state index contributed by atoms with van der Waals surface area (Å²) in [6, 6.07) is 0. The van der Waals surface area contributed by atoms with Crippen LogP contribution >= 0.6 is 0 Å². The van der Waals surface area contributed by atoms with Gasteiger partial charge in [-0.2, -0.15) is 21.6 Å². The van der Waals surface area contributed by atoms with Crippen LogP contribution in [0.5, 0.6) is 0 Å². The highest BCUT2D eigenvalue weighted by Gasteiger charge is 2.58. The SMILES string of the molecule is C[C@]12CCC=CC1=CC[C@@H]1[C@H]2CC[C@]2(C)C(OS(=O)(=O)C(F)(F)F)=CC[C@H]12. The highest BCUT2D eigenvalue weighted by atomic mass is 32.2. The van der Waals surface area contributed by atoms with Gasteiger partial charge in [0.15, 0.2) is 0 Å². The molecule has 4 aliphatic carbocycles. The minimum absolute atomic E-state index is 0.00764. The molecule has 7 heteroatoms. The Balaban J connectivity index is 1.62. The standard InChI is InChI=1S/C20H25F3O3S/c1-18-11-4-3-5-13(18)6-7-14-15-8-9-17(19(15,2)12-10-16(14)18)26-27(24,25)20(21,22)23/h3,5-6,9,14-16H,4,7-8,10-12H2,1-2H3/t14-,15+,16+,18-,19-/m0/s1. The Morgan fingerprint density at radius 1 is 1.07 bits per heavy atom. The van der Waals surface area contributed by atoms with Crippen LogP contribution in [0.1, 0.15) is 52.4 Å². The predicted octanol–water partition coefficient (Wildman–Crippen LogP) is 5.48. The van der Waals surface area contributed by atoms with E-state index in [2.05, 4.69) is 29.3 Å². The third-order valence-electron chi connectivity index (χ3n) is 7.65. The van der Waals surface area contributed by atoms with E-state index in [0.29, 0.717) is 24.7 Å². The van der Waals surface area contributed by atoms with Gasteiger partial charge in [0.1, 0.15) is 5.76 Å². The first-order valence-electron chi connectivity index (χ1n) is 9.58. The fourth-order valence-corrected chi connectivity index (χ4v) is 6.71. The topological polar surface area (TPSA) is 43.4 Å². The first kappa shape index (κ1) is 19.1. The molecule has 0 radical (unpaired) electrons. The number of fused-ring (bicyclic) bond motifs is 5. The van der Waals surface area contributed by atoms with Crippen molar-refractivity contribution in [1.29, 1.82) is 0 Å². The summed E-state index contributed by atoms with van der Waals surface area (Å²) in [5.41, 5.74) is -4.54. The van der Waals surface area contributed by atoms with Crippen LogP contribution < -0.4 is 0 Å². The number of alkyl halides is 3. The number of hydrogen-bond donors (Lipinski definition) is 0. The Kier molecular flexibility index (Phi) is 4.16. The van der Waals surface area contributed by atoms with Gasteiger partial charge in [-0.3, -0.25) is 0 Å². The average Bonchev–Trinajstić information content (AvgIpc) is 2.89. The molecule has 0 aliphatic heterocycles. The van der Waals surface area contributed by atoms with Gasteiger partial charge in [-0.05, 0) is 73.3 Å². The molecular weight excluding hydrogens is 377 g/mol. The lowest BCUT2D eigenvalue weighted by Gasteiger charge is -2.56. The smallest absolute Gasteiger partial charge is 0.380 e. The molecule has 0 spiro atoms. The maximum atomic E-state index is 12.8. The van der Waals surface area contributed by atoms with E-state index < -0.39 is 21.0 Å². The van der Waals surface area contributed by atoms with Crippen LogP contribution in [-0.2, 0) is 14.3 Å². The molecule has 150 valence electrons. The van der Waals surface area contributed by atoms with Gasteiger partial charge in [0.25, 0.3) is 0 Å². The largest absolute Gasteiger partial charge is 0.534 e. The third kappa shape index (κ3) is 2.71. The van der Waals surface area contributed by atoms with E-state index in [1.54, 1.807) is 6.08 Å². The summed E-state index contributed by atoms with van der Waals surface area (Å²) in [5, 5.41) is 0. The summed E-state index contributed by atoms with van der Waals surface area (Å²) in [7, 11) is -5.62. The summed E-state index contributed by atoms with van der Waals surface area (Å²) in [5.74, 6) is 0.935. The number of halogens is 3. The lowest BCUT2D eigenvalue weighted by Crippen LogP contribution is -2.48. The zero-order valence-corrected chi connectivity index (χ0v) is 16.4. The Morgan fingerprint density at radius 3 is 2.52 bits per heavy atom. The molecule has 1 fully saturated rings. The van der Waals surface area contributed by atoms with Crippen molar-refractivity contribution < 1.29 is 25.8 Å². The molecule has 0 bridgehead atoms. The van der Waals surface area contributed by atoms with Gasteiger partial charge < -0.3 is 4.18 Å². The van der Waals surface area contributed by atoms with E-state index in [4.69, 9.17) is 0 Å². The van der Waals surface area contributed by atoms with E-state index >= 15 is 0 Å². The van der Waals surface area contributed by atoms with Crippen molar-refractivity contribution in [3.8, 4) is 0 Å². The molecule has 0 unspecified atom stereocenters. The van der Waals surface area contributed by atoms with Gasteiger partial charge in [0, 0.05) is 5.41 Å². The van der Waals surface area contributed by atoms with Crippen molar-refractivity contribution in [2.75, 3.05) is 0 Å². The van der Waals surface area contributed by atoms with Gasteiger partial charge in [0.2, 0.25) is 0 Å². The zero-order chi connectivity index (χ0) is 19.7. The van der Waals surface area contributed by atoms with Crippen molar-refractivity contribution in [2.45, 2.75) is 57.9 Å². The molecule has 27 heavy (non-hydrogen) atoms. The molecule has 0 saturated heterocycles. The van der Waals surface area contributed by atoms with Gasteiger partial charge in [0.05, 0.1) is 0 Å². The molecule has 0 amide bonds. The molecule has 0 aromatic rings. The highest BCUT2D eigenvalue weighted by molar-refractivity contribution is 7.87. The number of hydrogen-bond acceptors (Lipinski definition) is 3. The molecule has 0 heterocycles. The quantitative estimate of drug-likeness (QED) is 0.454. The second kappa shape index (κ2) is 5.88. The van der Waals surface area contributed by atoms with Crippen molar-refractivity contribution in [3.63, 3.8) is 0 Å². The normalized spacial score (nSPS) is 41.1. The van der Waals surface area contributed by atoms with Gasteiger partial charge in [-0.25, -0.2) is 0 Å². The highest BCUT2D eigenvalue weighted by Crippen LogP contribution is 2.64. The first-order chi connectivity index (χ1) is 12.5. The average molecular weight is 402 g/mol. The van der Waals surface area contributed by atoms with E-state index in [1.807, 2.05) is 6.92 Å². The number of rotatable bonds is 2. The monoisotopic (exact) mass is 402 g/mol. The molecule has 3 nitrogen and oxygen atoms in total. The maximum absolute atomic E-state index is 12.8. The molecule has 4 aliphatic rings. The van der Waals surface area contributed by atoms with E-state index in [1.165, 1.54) is 5.57 Å². The molecule has 0 aromatic heterocycles. The molecule has 4 rings (SSSR count). The molecule has 1 saturated carbocycles. The lowest BCUT2D eigenvalue weighted by molar-refractivity contribution is -0.0566. The van der Waals surface area contributed by atoms with Crippen molar-refractivity contribution >= 4 is 10.1 Å². The van der Waals surface area contributed by atoms with Crippen LogP contribution in [0.4, 0.5) is 13.2 Å². The van der Waals surface area contributed by atoms with Crippen LogP contribution in [0.15, 0.2) is 35.6 Å². The van der Waals surface area contributed by atoms with E-state index in [9.17, 15) is 21.6 Å². The minimum Gasteiger partial charge on any atom is -0.380 e. The van der Waals surface area contributed by atoms with E-state index in [-0.39, 0.29) is 17.1 Å². The molecule has 5 atom stereocenters. The van der Waals surface area contributed by atoms with Crippen LogP contribution in [-0.4, -0.2) is 13.9 Å². The van der Waals surface area contributed by atoms with Crippen molar-refractivity contribution in [2.24, 2.45) is 28.6 Å². The third-order valence-corrected chi connectivity index (χ3v) is 8.61. The fraction of sp³-hybridized carbons (Fsp3) is 0.700. The predicted molar refractivity (Wildman–Crippen MR) is 95.8 cm³/mol. The summed E-state index contributed by atoms with van der Waals surface area (Å²) in [6.45, 7) is 4.19. The molecular formula is C20H25F3O3S. The number of allylic oxidation sites excluding steroid dienone is 6. The van der Waals surface area contributed by atoms with E-state index in [0.717, 1.165) is 25.7 Å².